The van der Waals surface area contributed by atoms with Crippen molar-refractivity contribution >= 4 is 6.08 Å². The van der Waals surface area contributed by atoms with Gasteiger partial charge in [-0.05, 0) is 24.1 Å². The van der Waals surface area contributed by atoms with E-state index >= 15 is 0 Å². The van der Waals surface area contributed by atoms with Crippen molar-refractivity contribution in [3.05, 3.63) is 41.5 Å². The van der Waals surface area contributed by atoms with Gasteiger partial charge in [0, 0.05) is 0 Å². The Morgan fingerprint density at radius 2 is 2.00 bits per heavy atom. The molecule has 12 heavy (non-hydrogen) atoms. The quantitative estimate of drug-likeness (QED) is 0.647. The van der Waals surface area contributed by atoms with Crippen LogP contribution in [-0.4, -0.2) is 0 Å². The molecule has 0 aliphatic rings. The Kier molecular flexibility index (Phi) is 3.10. The van der Waals surface area contributed by atoms with Crippen molar-refractivity contribution in [3.63, 3.8) is 0 Å². The first-order chi connectivity index (χ1) is 5.86. The smallest absolute Gasteiger partial charge is 0.0991 e. The van der Waals surface area contributed by atoms with Crippen molar-refractivity contribution in [3.8, 4) is 6.07 Å². The Bertz CT molecular complexity index is 301. The molecule has 0 spiro atoms. The second kappa shape index (κ2) is 4.35. The number of benzene rings is 1. The zero-order valence-corrected chi connectivity index (χ0v) is 7.12. The summed E-state index contributed by atoms with van der Waals surface area (Å²) in [5.74, 6) is 0. The predicted octanol–water partition coefficient (Wildman–Crippen LogP) is 2.98. The summed E-state index contributed by atoms with van der Waals surface area (Å²) in [5, 5.41) is 8.54. The SMILES string of the molecule is CCC=Cc1ccc(C#N)cc1. The third-order valence-electron chi connectivity index (χ3n) is 1.59. The molecule has 1 rings (SSSR count). The summed E-state index contributed by atoms with van der Waals surface area (Å²) in [6, 6.07) is 9.64. The van der Waals surface area contributed by atoms with Gasteiger partial charge in [0.15, 0.2) is 0 Å². The first-order valence-corrected chi connectivity index (χ1v) is 4.03. The summed E-state index contributed by atoms with van der Waals surface area (Å²) in [4.78, 5) is 0. The Morgan fingerprint density at radius 3 is 2.50 bits per heavy atom. The van der Waals surface area contributed by atoms with Crippen molar-refractivity contribution < 1.29 is 0 Å². The van der Waals surface area contributed by atoms with Crippen molar-refractivity contribution in [2.75, 3.05) is 0 Å². The number of allylic oxidation sites excluding steroid dienone is 1. The van der Waals surface area contributed by atoms with Crippen LogP contribution in [0.5, 0.6) is 0 Å². The van der Waals surface area contributed by atoms with Gasteiger partial charge in [-0.2, -0.15) is 5.26 Å². The third-order valence-corrected chi connectivity index (χ3v) is 1.59. The highest BCUT2D eigenvalue weighted by Gasteiger charge is 1.87. The summed E-state index contributed by atoms with van der Waals surface area (Å²) >= 11 is 0. The lowest BCUT2D eigenvalue weighted by atomic mass is 10.1. The highest BCUT2D eigenvalue weighted by molar-refractivity contribution is 5.50. The molecule has 0 bridgehead atoms. The van der Waals surface area contributed by atoms with Gasteiger partial charge in [0.2, 0.25) is 0 Å². The predicted molar refractivity (Wildman–Crippen MR) is 50.5 cm³/mol. The summed E-state index contributed by atoms with van der Waals surface area (Å²) < 4.78 is 0. The topological polar surface area (TPSA) is 23.8 Å². The Morgan fingerprint density at radius 1 is 1.33 bits per heavy atom. The minimum absolute atomic E-state index is 0.712. The molecule has 60 valence electrons. The van der Waals surface area contributed by atoms with E-state index < -0.39 is 0 Å². The molecule has 1 aromatic rings. The van der Waals surface area contributed by atoms with Crippen LogP contribution >= 0.6 is 0 Å². The van der Waals surface area contributed by atoms with Crippen LogP contribution in [0.1, 0.15) is 24.5 Å². The molecule has 0 heterocycles. The molecular formula is C11H11N. The molecule has 0 unspecified atom stereocenters. The fraction of sp³-hybridized carbons (Fsp3) is 0.182. The first-order valence-electron chi connectivity index (χ1n) is 4.03. The molecule has 0 saturated carbocycles. The van der Waals surface area contributed by atoms with Gasteiger partial charge in [-0.3, -0.25) is 0 Å². The second-order valence-electron chi connectivity index (χ2n) is 2.54. The molecule has 0 amide bonds. The zero-order valence-electron chi connectivity index (χ0n) is 7.12. The number of hydrogen-bond donors (Lipinski definition) is 0. The highest BCUT2D eigenvalue weighted by Crippen LogP contribution is 2.05. The van der Waals surface area contributed by atoms with Gasteiger partial charge in [0.05, 0.1) is 11.6 Å². The maximum absolute atomic E-state index is 8.54. The summed E-state index contributed by atoms with van der Waals surface area (Å²) in [6.07, 6.45) is 5.20. The van der Waals surface area contributed by atoms with E-state index in [0.717, 1.165) is 12.0 Å². The van der Waals surface area contributed by atoms with Crippen LogP contribution in [0.2, 0.25) is 0 Å². The van der Waals surface area contributed by atoms with Gasteiger partial charge in [-0.25, -0.2) is 0 Å². The Labute approximate surface area is 73.0 Å². The second-order valence-corrected chi connectivity index (χ2v) is 2.54. The van der Waals surface area contributed by atoms with E-state index in [1.807, 2.05) is 24.3 Å². The Balaban J connectivity index is 2.80. The molecular weight excluding hydrogens is 146 g/mol. The van der Waals surface area contributed by atoms with E-state index in [9.17, 15) is 0 Å². The van der Waals surface area contributed by atoms with Crippen LogP contribution in [0.15, 0.2) is 30.3 Å². The largest absolute Gasteiger partial charge is 0.192 e. The lowest BCUT2D eigenvalue weighted by molar-refractivity contribution is 1.23. The van der Waals surface area contributed by atoms with Gasteiger partial charge >= 0.3 is 0 Å². The van der Waals surface area contributed by atoms with Crippen LogP contribution in [0.4, 0.5) is 0 Å². The zero-order chi connectivity index (χ0) is 8.81. The molecule has 1 aromatic carbocycles. The van der Waals surface area contributed by atoms with Gasteiger partial charge in [0.1, 0.15) is 0 Å². The third kappa shape index (κ3) is 2.25. The van der Waals surface area contributed by atoms with Crippen LogP contribution in [0.25, 0.3) is 6.08 Å². The number of nitrogens with zero attached hydrogens (tertiary/aromatic N) is 1. The molecule has 0 aromatic heterocycles. The monoisotopic (exact) mass is 157 g/mol. The molecule has 0 saturated heterocycles. The van der Waals surface area contributed by atoms with E-state index in [4.69, 9.17) is 5.26 Å². The van der Waals surface area contributed by atoms with Gasteiger partial charge in [0.25, 0.3) is 0 Å². The molecule has 0 aliphatic heterocycles. The van der Waals surface area contributed by atoms with Crippen LogP contribution in [0, 0.1) is 11.3 Å². The molecule has 1 heteroatoms. The van der Waals surface area contributed by atoms with Crippen LogP contribution < -0.4 is 0 Å². The normalized spacial score (nSPS) is 10.0. The maximum atomic E-state index is 8.54. The van der Waals surface area contributed by atoms with E-state index in [2.05, 4.69) is 25.1 Å². The van der Waals surface area contributed by atoms with Crippen molar-refractivity contribution in [1.29, 1.82) is 5.26 Å². The van der Waals surface area contributed by atoms with Crippen LogP contribution in [-0.2, 0) is 0 Å². The van der Waals surface area contributed by atoms with E-state index in [1.54, 1.807) is 0 Å². The minimum atomic E-state index is 0.712. The van der Waals surface area contributed by atoms with E-state index in [0.29, 0.717) is 5.56 Å². The molecule has 0 aliphatic carbocycles. The number of nitriles is 1. The van der Waals surface area contributed by atoms with Gasteiger partial charge < -0.3 is 0 Å². The molecule has 0 N–H and O–H groups in total. The fourth-order valence-corrected chi connectivity index (χ4v) is 0.923. The van der Waals surface area contributed by atoms with Crippen molar-refractivity contribution in [2.24, 2.45) is 0 Å². The number of hydrogen-bond acceptors (Lipinski definition) is 1. The Hall–Kier alpha value is -1.55. The van der Waals surface area contributed by atoms with E-state index in [-0.39, 0.29) is 0 Å². The van der Waals surface area contributed by atoms with Crippen molar-refractivity contribution in [2.45, 2.75) is 13.3 Å². The summed E-state index contributed by atoms with van der Waals surface area (Å²) in [5.41, 5.74) is 1.86. The molecule has 1 nitrogen and oxygen atoms in total. The first kappa shape index (κ1) is 8.55. The maximum Gasteiger partial charge on any atom is 0.0991 e. The van der Waals surface area contributed by atoms with Gasteiger partial charge in [-0.15, -0.1) is 0 Å². The molecule has 0 radical (unpaired) electrons. The van der Waals surface area contributed by atoms with Crippen molar-refractivity contribution in [1.82, 2.24) is 0 Å². The lowest BCUT2D eigenvalue weighted by Gasteiger charge is -1.91. The average molecular weight is 157 g/mol. The fourth-order valence-electron chi connectivity index (χ4n) is 0.923. The van der Waals surface area contributed by atoms with E-state index in [1.165, 1.54) is 0 Å². The average Bonchev–Trinajstić information content (AvgIpc) is 2.15. The highest BCUT2D eigenvalue weighted by atomic mass is 14.2. The molecule has 0 atom stereocenters. The number of rotatable bonds is 2. The summed E-state index contributed by atoms with van der Waals surface area (Å²) in [6.45, 7) is 2.10. The van der Waals surface area contributed by atoms with Crippen LogP contribution in [0.3, 0.4) is 0 Å². The summed E-state index contributed by atoms with van der Waals surface area (Å²) in [7, 11) is 0. The minimum Gasteiger partial charge on any atom is -0.192 e. The van der Waals surface area contributed by atoms with Gasteiger partial charge in [-0.1, -0.05) is 31.2 Å². The standard InChI is InChI=1S/C11H11N/c1-2-3-4-10-5-7-11(9-12)8-6-10/h3-8H,2H2,1H3. The molecule has 0 fully saturated rings. The lowest BCUT2D eigenvalue weighted by Crippen LogP contribution is -1.74.